The standard InChI is InChI=1S/C28H37NO7/c1-19(18-28(2,3)27(35)36-16-15-30)26(34)29-24(17-21-9-13-23(32)14-10-21)25(33)6-4-5-20-7-11-22(31)12-8-20/h7-14,19,24,30-32H,4-6,15-18H2,1-3H3,(H,29,34)/t19?,24-/m0/s1. The molecule has 0 fully saturated rings. The van der Waals surface area contributed by atoms with Gasteiger partial charge in [0.2, 0.25) is 5.91 Å². The zero-order valence-electron chi connectivity index (χ0n) is 21.2. The molecule has 0 bridgehead atoms. The fourth-order valence-corrected chi connectivity index (χ4v) is 4.01. The maximum Gasteiger partial charge on any atom is 0.311 e. The summed E-state index contributed by atoms with van der Waals surface area (Å²) in [6.07, 6.45) is 2.00. The van der Waals surface area contributed by atoms with Crippen molar-refractivity contribution in [2.45, 2.75) is 58.9 Å². The molecule has 1 amide bonds. The first-order chi connectivity index (χ1) is 17.0. The number of phenolic OH excluding ortho intramolecular Hbond substituents is 2. The summed E-state index contributed by atoms with van der Waals surface area (Å²) in [7, 11) is 0. The van der Waals surface area contributed by atoms with E-state index in [1.165, 1.54) is 12.1 Å². The molecule has 2 aromatic carbocycles. The van der Waals surface area contributed by atoms with Gasteiger partial charge in [0.1, 0.15) is 18.1 Å². The van der Waals surface area contributed by atoms with Crippen LogP contribution in [0.15, 0.2) is 48.5 Å². The fraction of sp³-hybridized carbons (Fsp3) is 0.464. The Morgan fingerprint density at radius 3 is 2.06 bits per heavy atom. The van der Waals surface area contributed by atoms with Gasteiger partial charge in [0.15, 0.2) is 5.78 Å². The van der Waals surface area contributed by atoms with Gasteiger partial charge in [0, 0.05) is 12.3 Å². The number of rotatable bonds is 14. The molecule has 2 atom stereocenters. The zero-order valence-corrected chi connectivity index (χ0v) is 21.2. The summed E-state index contributed by atoms with van der Waals surface area (Å²) in [5.74, 6) is -1.21. The topological polar surface area (TPSA) is 133 Å². The van der Waals surface area contributed by atoms with Gasteiger partial charge >= 0.3 is 5.97 Å². The van der Waals surface area contributed by atoms with Crippen LogP contribution in [0, 0.1) is 11.3 Å². The number of Topliss-reactive ketones (excluding diaryl/α,β-unsaturated/α-hetero) is 1. The lowest BCUT2D eigenvalue weighted by molar-refractivity contribution is -0.156. The van der Waals surface area contributed by atoms with Crippen molar-refractivity contribution in [3.63, 3.8) is 0 Å². The molecule has 0 aliphatic rings. The van der Waals surface area contributed by atoms with E-state index in [0.717, 1.165) is 11.1 Å². The van der Waals surface area contributed by atoms with Gasteiger partial charge in [-0.1, -0.05) is 31.2 Å². The normalized spacial score (nSPS) is 13.0. The number of carbonyl (C=O) groups excluding carboxylic acids is 3. The highest BCUT2D eigenvalue weighted by molar-refractivity contribution is 5.90. The molecule has 8 heteroatoms. The molecule has 0 saturated carbocycles. The Morgan fingerprint density at radius 1 is 0.944 bits per heavy atom. The van der Waals surface area contributed by atoms with Crippen LogP contribution in [-0.4, -0.2) is 52.2 Å². The summed E-state index contributed by atoms with van der Waals surface area (Å²) in [5.41, 5.74) is 0.862. The zero-order chi connectivity index (χ0) is 26.7. The second-order valence-corrected chi connectivity index (χ2v) is 9.77. The highest BCUT2D eigenvalue weighted by Gasteiger charge is 2.34. The molecular weight excluding hydrogens is 462 g/mol. The van der Waals surface area contributed by atoms with Gasteiger partial charge in [0.05, 0.1) is 18.1 Å². The van der Waals surface area contributed by atoms with Crippen LogP contribution in [0.25, 0.3) is 0 Å². The second-order valence-electron chi connectivity index (χ2n) is 9.77. The van der Waals surface area contributed by atoms with Crippen LogP contribution in [-0.2, 0) is 32.0 Å². The Morgan fingerprint density at radius 2 is 1.50 bits per heavy atom. The number of phenols is 2. The number of hydrogen-bond donors (Lipinski definition) is 4. The van der Waals surface area contributed by atoms with Crippen molar-refractivity contribution >= 4 is 17.7 Å². The fourth-order valence-electron chi connectivity index (χ4n) is 4.01. The highest BCUT2D eigenvalue weighted by Crippen LogP contribution is 2.27. The van der Waals surface area contributed by atoms with E-state index in [4.69, 9.17) is 9.84 Å². The molecule has 0 aromatic heterocycles. The molecule has 0 aliphatic heterocycles. The van der Waals surface area contributed by atoms with Crippen molar-refractivity contribution in [3.8, 4) is 11.5 Å². The first-order valence-corrected chi connectivity index (χ1v) is 12.2. The molecule has 2 rings (SSSR count). The third kappa shape index (κ3) is 9.34. The maximum atomic E-state index is 13.1. The summed E-state index contributed by atoms with van der Waals surface area (Å²) in [4.78, 5) is 38.4. The average Bonchev–Trinajstić information content (AvgIpc) is 2.84. The number of aromatic hydroxyl groups is 2. The monoisotopic (exact) mass is 499 g/mol. The van der Waals surface area contributed by atoms with Gasteiger partial charge in [-0.25, -0.2) is 0 Å². The van der Waals surface area contributed by atoms with Gasteiger partial charge in [-0.15, -0.1) is 0 Å². The van der Waals surface area contributed by atoms with E-state index in [0.29, 0.717) is 12.8 Å². The molecule has 1 unspecified atom stereocenters. The van der Waals surface area contributed by atoms with Crippen LogP contribution in [0.1, 0.15) is 51.2 Å². The van der Waals surface area contributed by atoms with Gasteiger partial charge < -0.3 is 25.4 Å². The van der Waals surface area contributed by atoms with Gasteiger partial charge in [-0.3, -0.25) is 14.4 Å². The van der Waals surface area contributed by atoms with Crippen molar-refractivity contribution < 1.29 is 34.4 Å². The molecule has 8 nitrogen and oxygen atoms in total. The van der Waals surface area contributed by atoms with E-state index >= 15 is 0 Å². The third-order valence-corrected chi connectivity index (χ3v) is 6.05. The minimum Gasteiger partial charge on any atom is -0.508 e. The SMILES string of the molecule is CC(CC(C)(C)C(=O)OCCO)C(=O)N[C@@H](Cc1ccc(O)cc1)C(=O)CCCc1ccc(O)cc1. The molecule has 0 radical (unpaired) electrons. The van der Waals surface area contributed by atoms with E-state index in [1.54, 1.807) is 45.0 Å². The van der Waals surface area contributed by atoms with Crippen molar-refractivity contribution in [1.82, 2.24) is 5.32 Å². The Bertz CT molecular complexity index is 1000. The molecular formula is C28H37NO7. The average molecular weight is 500 g/mol. The molecule has 0 aliphatic carbocycles. The summed E-state index contributed by atoms with van der Waals surface area (Å²) < 4.78 is 5.02. The largest absolute Gasteiger partial charge is 0.508 e. The first kappa shape index (κ1) is 28.8. The number of carbonyl (C=O) groups is 3. The number of nitrogens with one attached hydrogen (secondary N) is 1. The Kier molecular flexibility index (Phi) is 10.9. The molecule has 0 spiro atoms. The number of ether oxygens (including phenoxy) is 1. The summed E-state index contributed by atoms with van der Waals surface area (Å²) in [6, 6.07) is 12.6. The van der Waals surface area contributed by atoms with Crippen molar-refractivity contribution in [1.29, 1.82) is 0 Å². The van der Waals surface area contributed by atoms with Crippen LogP contribution in [0.2, 0.25) is 0 Å². The predicted molar refractivity (Wildman–Crippen MR) is 135 cm³/mol. The summed E-state index contributed by atoms with van der Waals surface area (Å²) >= 11 is 0. The van der Waals surface area contributed by atoms with Crippen molar-refractivity contribution in [3.05, 3.63) is 59.7 Å². The molecule has 0 heterocycles. The Balaban J connectivity index is 2.04. The summed E-state index contributed by atoms with van der Waals surface area (Å²) in [5, 5.41) is 30.7. The molecule has 196 valence electrons. The number of aliphatic hydroxyl groups excluding tert-OH is 1. The van der Waals surface area contributed by atoms with Gasteiger partial charge in [-0.2, -0.15) is 0 Å². The lowest BCUT2D eigenvalue weighted by Gasteiger charge is -2.27. The number of aliphatic hydroxyl groups is 1. The maximum absolute atomic E-state index is 13.1. The Hall–Kier alpha value is -3.39. The number of benzene rings is 2. The molecule has 36 heavy (non-hydrogen) atoms. The van der Waals surface area contributed by atoms with Gasteiger partial charge in [-0.05, 0) is 74.9 Å². The van der Waals surface area contributed by atoms with E-state index < -0.39 is 23.3 Å². The number of esters is 1. The van der Waals surface area contributed by atoms with Crippen LogP contribution >= 0.6 is 0 Å². The molecule has 4 N–H and O–H groups in total. The van der Waals surface area contributed by atoms with E-state index in [9.17, 15) is 24.6 Å². The van der Waals surface area contributed by atoms with Crippen LogP contribution in [0.4, 0.5) is 0 Å². The third-order valence-electron chi connectivity index (χ3n) is 6.05. The second kappa shape index (κ2) is 13.6. The quantitative estimate of drug-likeness (QED) is 0.293. The van der Waals surface area contributed by atoms with E-state index in [1.807, 2.05) is 12.1 Å². The van der Waals surface area contributed by atoms with Gasteiger partial charge in [0.25, 0.3) is 0 Å². The van der Waals surface area contributed by atoms with Crippen LogP contribution in [0.5, 0.6) is 11.5 Å². The smallest absolute Gasteiger partial charge is 0.311 e. The van der Waals surface area contributed by atoms with Crippen molar-refractivity contribution in [2.75, 3.05) is 13.2 Å². The lowest BCUT2D eigenvalue weighted by Crippen LogP contribution is -2.45. The highest BCUT2D eigenvalue weighted by atomic mass is 16.5. The lowest BCUT2D eigenvalue weighted by atomic mass is 9.83. The van der Waals surface area contributed by atoms with Crippen LogP contribution < -0.4 is 5.32 Å². The number of amides is 1. The predicted octanol–water partition coefficient (Wildman–Crippen LogP) is 3.31. The van der Waals surface area contributed by atoms with E-state index in [2.05, 4.69) is 5.32 Å². The minimum absolute atomic E-state index is 0.101. The summed E-state index contributed by atoms with van der Waals surface area (Å²) in [6.45, 7) is 4.68. The van der Waals surface area contributed by atoms with E-state index in [-0.39, 0.29) is 55.7 Å². The van der Waals surface area contributed by atoms with Crippen molar-refractivity contribution in [2.24, 2.45) is 11.3 Å². The number of aryl methyl sites for hydroxylation is 1. The number of ketones is 1. The molecule has 0 saturated heterocycles. The number of hydrogen-bond acceptors (Lipinski definition) is 7. The Labute approximate surface area is 212 Å². The molecule has 2 aromatic rings. The van der Waals surface area contributed by atoms with Crippen LogP contribution in [0.3, 0.4) is 0 Å². The minimum atomic E-state index is -0.938. The first-order valence-electron chi connectivity index (χ1n) is 12.2.